The van der Waals surface area contributed by atoms with Gasteiger partial charge in [-0.25, -0.2) is 12.8 Å². The van der Waals surface area contributed by atoms with Gasteiger partial charge in [0.05, 0.1) is 30.3 Å². The highest BCUT2D eigenvalue weighted by atomic mass is 32.2. The van der Waals surface area contributed by atoms with Crippen LogP contribution in [-0.4, -0.2) is 45.1 Å². The second kappa shape index (κ2) is 11.6. The van der Waals surface area contributed by atoms with Crippen LogP contribution in [0.3, 0.4) is 0 Å². The number of fused-ring (bicyclic) bond motifs is 1. The fourth-order valence-electron chi connectivity index (χ4n) is 5.00. The van der Waals surface area contributed by atoms with Gasteiger partial charge in [0, 0.05) is 41.1 Å². The van der Waals surface area contributed by atoms with Crippen LogP contribution >= 0.6 is 0 Å². The lowest BCUT2D eigenvalue weighted by Crippen LogP contribution is -2.35. The molecule has 5 rings (SSSR count). The summed E-state index contributed by atoms with van der Waals surface area (Å²) >= 11 is 0. The first-order chi connectivity index (χ1) is 20.5. The third-order valence-electron chi connectivity index (χ3n) is 7.43. The number of nitrogens with zero attached hydrogens (tertiary/aromatic N) is 2. The number of amides is 1. The highest BCUT2D eigenvalue weighted by Crippen LogP contribution is 2.42. The Morgan fingerprint density at radius 3 is 2.42 bits per heavy atom. The van der Waals surface area contributed by atoms with Gasteiger partial charge in [0.2, 0.25) is 10.0 Å². The van der Waals surface area contributed by atoms with Gasteiger partial charge in [-0.3, -0.25) is 18.3 Å². The van der Waals surface area contributed by atoms with Crippen molar-refractivity contribution < 1.29 is 31.2 Å². The van der Waals surface area contributed by atoms with Gasteiger partial charge in [-0.1, -0.05) is 19.1 Å². The molecule has 0 spiro atoms. The van der Waals surface area contributed by atoms with Crippen LogP contribution in [-0.2, 0) is 10.0 Å². The maximum Gasteiger partial charge on any atom is 0.252 e. The number of rotatable bonds is 11. The summed E-state index contributed by atoms with van der Waals surface area (Å²) in [4.78, 5) is 26.3. The summed E-state index contributed by atoms with van der Waals surface area (Å²) < 4.78 is 60.2. The molecular formula is C32H29F2N3O5S. The van der Waals surface area contributed by atoms with Crippen LogP contribution < -0.4 is 9.62 Å². The molecule has 1 fully saturated rings. The lowest BCUT2D eigenvalue weighted by Gasteiger charge is -2.25. The highest BCUT2D eigenvalue weighted by Gasteiger charge is 2.44. The Labute approximate surface area is 248 Å². The minimum absolute atomic E-state index is 0.0677. The first-order valence-electron chi connectivity index (χ1n) is 13.8. The summed E-state index contributed by atoms with van der Waals surface area (Å²) in [6.07, 6.45) is 2.19. The van der Waals surface area contributed by atoms with Crippen molar-refractivity contribution in [2.75, 3.05) is 23.8 Å². The Hall–Kier alpha value is -4.56. The molecule has 222 valence electrons. The van der Waals surface area contributed by atoms with Gasteiger partial charge in [-0.2, -0.15) is 5.26 Å². The molecule has 8 nitrogen and oxygen atoms in total. The smallest absolute Gasteiger partial charge is 0.252 e. The molecule has 0 unspecified atom stereocenters. The first-order valence-corrected chi connectivity index (χ1v) is 15.6. The lowest BCUT2D eigenvalue weighted by atomic mass is 9.95. The van der Waals surface area contributed by atoms with Crippen LogP contribution in [0.5, 0.6) is 0 Å². The number of nitrogens with one attached hydrogen (secondary N) is 1. The molecule has 11 heteroatoms. The molecule has 43 heavy (non-hydrogen) atoms. The molecule has 0 aliphatic heterocycles. The van der Waals surface area contributed by atoms with Crippen LogP contribution in [0.15, 0.2) is 65.1 Å². The monoisotopic (exact) mass is 605 g/mol. The van der Waals surface area contributed by atoms with Crippen molar-refractivity contribution in [3.8, 4) is 28.5 Å². The molecule has 0 atom stereocenters. The normalized spacial score (nSPS) is 13.8. The quantitative estimate of drug-likeness (QED) is 0.197. The Morgan fingerprint density at radius 1 is 1.09 bits per heavy atom. The van der Waals surface area contributed by atoms with E-state index in [0.717, 1.165) is 10.6 Å². The van der Waals surface area contributed by atoms with E-state index in [4.69, 9.17) is 4.42 Å². The Kier molecular flexibility index (Phi) is 8.08. The van der Waals surface area contributed by atoms with Crippen LogP contribution in [0, 0.1) is 17.1 Å². The molecular weight excluding hydrogens is 576 g/mol. The molecule has 4 aromatic rings. The van der Waals surface area contributed by atoms with Crippen molar-refractivity contribution in [3.63, 3.8) is 0 Å². The fraction of sp³-hybridized carbons (Fsp3) is 0.281. The molecule has 1 N–H and O–H groups in total. The van der Waals surface area contributed by atoms with Crippen molar-refractivity contribution in [2.24, 2.45) is 0 Å². The van der Waals surface area contributed by atoms with Crippen molar-refractivity contribution in [1.29, 1.82) is 5.26 Å². The number of hydrogen-bond donors (Lipinski definition) is 1. The molecule has 1 aromatic heterocycles. The number of carbonyl (C=O) groups excluding carboxylic acids is 2. The third-order valence-corrected chi connectivity index (χ3v) is 8.61. The number of hydrogen-bond acceptors (Lipinski definition) is 6. The number of halogens is 2. The van der Waals surface area contributed by atoms with E-state index in [2.05, 4.69) is 11.4 Å². The zero-order valence-corrected chi connectivity index (χ0v) is 24.4. The summed E-state index contributed by atoms with van der Waals surface area (Å²) in [5, 5.41) is 12.6. The number of ketones is 1. The van der Waals surface area contributed by atoms with Crippen LogP contribution in [0.1, 0.15) is 53.3 Å². The van der Waals surface area contributed by atoms with E-state index in [1.54, 1.807) is 37.3 Å². The number of alkyl halides is 1. The van der Waals surface area contributed by atoms with Gasteiger partial charge >= 0.3 is 0 Å². The second-order valence-electron chi connectivity index (χ2n) is 10.6. The van der Waals surface area contributed by atoms with E-state index in [0.29, 0.717) is 34.9 Å². The molecule has 1 amide bonds. The predicted octanol–water partition coefficient (Wildman–Crippen LogP) is 6.41. The van der Waals surface area contributed by atoms with Crippen LogP contribution in [0.2, 0.25) is 0 Å². The molecule has 1 heterocycles. The number of anilines is 1. The van der Waals surface area contributed by atoms with E-state index in [-0.39, 0.29) is 53.3 Å². The largest absolute Gasteiger partial charge is 0.455 e. The van der Waals surface area contributed by atoms with E-state index < -0.39 is 34.0 Å². The Bertz CT molecular complexity index is 1870. The minimum Gasteiger partial charge on any atom is -0.455 e. The number of furan rings is 1. The number of benzene rings is 3. The third kappa shape index (κ3) is 6.01. The van der Waals surface area contributed by atoms with Gasteiger partial charge in [0.15, 0.2) is 5.78 Å². The fourth-order valence-corrected chi connectivity index (χ4v) is 5.97. The van der Waals surface area contributed by atoms with Crippen molar-refractivity contribution in [2.45, 2.75) is 38.1 Å². The van der Waals surface area contributed by atoms with E-state index in [1.807, 2.05) is 0 Å². The maximum atomic E-state index is 13.7. The molecule has 1 aliphatic carbocycles. The summed E-state index contributed by atoms with van der Waals surface area (Å²) in [7, 11) is -3.92. The van der Waals surface area contributed by atoms with E-state index in [9.17, 15) is 32.0 Å². The number of Topliss-reactive ketones (excluding diaryl/α,β-unsaturated/α-hetero) is 1. The highest BCUT2D eigenvalue weighted by molar-refractivity contribution is 7.92. The molecule has 1 aliphatic rings. The number of carbonyl (C=O) groups is 2. The maximum absolute atomic E-state index is 13.7. The molecule has 0 bridgehead atoms. The number of sulfonamides is 1. The van der Waals surface area contributed by atoms with Crippen LogP contribution in [0.4, 0.5) is 14.5 Å². The van der Waals surface area contributed by atoms with Crippen LogP contribution in [0.25, 0.3) is 33.4 Å². The topological polar surface area (TPSA) is 120 Å². The SMILES string of the molecule is CCC(=O)c1c(-c2ccc(F)cc2)oc2cc(N(CCCF)S(C)(=O)=O)c(-c3cccc(C(=O)NC4(C#N)CC4)c3)cc12. The van der Waals surface area contributed by atoms with Crippen molar-refractivity contribution >= 4 is 38.4 Å². The first kappa shape index (κ1) is 29.9. The molecule has 1 saturated carbocycles. The van der Waals surface area contributed by atoms with Gasteiger partial charge < -0.3 is 9.73 Å². The van der Waals surface area contributed by atoms with Gasteiger partial charge in [-0.05, 0) is 67.3 Å². The number of nitriles is 1. The van der Waals surface area contributed by atoms with Crippen molar-refractivity contribution in [1.82, 2.24) is 5.32 Å². The molecule has 0 radical (unpaired) electrons. The predicted molar refractivity (Wildman–Crippen MR) is 159 cm³/mol. The van der Waals surface area contributed by atoms with Gasteiger partial charge in [-0.15, -0.1) is 0 Å². The zero-order chi connectivity index (χ0) is 30.9. The van der Waals surface area contributed by atoms with Gasteiger partial charge in [0.1, 0.15) is 22.7 Å². The average molecular weight is 606 g/mol. The molecule has 3 aromatic carbocycles. The lowest BCUT2D eigenvalue weighted by molar-refractivity contribution is 0.0940. The summed E-state index contributed by atoms with van der Waals surface area (Å²) in [5.41, 5.74) is 1.28. The van der Waals surface area contributed by atoms with E-state index in [1.165, 1.54) is 30.3 Å². The Morgan fingerprint density at radius 2 is 1.81 bits per heavy atom. The summed E-state index contributed by atoms with van der Waals surface area (Å²) in [6, 6.07) is 17.2. The Balaban J connectivity index is 1.76. The summed E-state index contributed by atoms with van der Waals surface area (Å²) in [6.45, 7) is 0.790. The average Bonchev–Trinajstić information content (AvgIpc) is 3.67. The standard InChI is InChI=1S/C32H29F2N3O5S/c1-3-27(38)29-25-17-24(21-6-4-7-22(16-21)31(39)36-32(19-35)12-13-32)26(37(15-5-14-33)43(2,40)41)18-28(25)42-30(29)20-8-10-23(34)11-9-20/h4,6-11,16-18H,3,5,12-15H2,1-2H3,(H,36,39). The second-order valence-corrected chi connectivity index (χ2v) is 12.5. The molecule has 0 saturated heterocycles. The van der Waals surface area contributed by atoms with Crippen molar-refractivity contribution in [3.05, 3.63) is 77.6 Å². The van der Waals surface area contributed by atoms with Gasteiger partial charge in [0.25, 0.3) is 5.91 Å². The zero-order valence-electron chi connectivity index (χ0n) is 23.6. The summed E-state index contributed by atoms with van der Waals surface area (Å²) in [5.74, 6) is -0.951. The van der Waals surface area contributed by atoms with E-state index >= 15 is 0 Å². The minimum atomic E-state index is -3.92.